The number of aromatic amines is 1. The van der Waals surface area contributed by atoms with E-state index in [1.54, 1.807) is 24.3 Å². The number of hydrogen-bond donors (Lipinski definition) is 2. The van der Waals surface area contributed by atoms with Crippen LogP contribution in [0.1, 0.15) is 12.8 Å². The van der Waals surface area contributed by atoms with E-state index >= 15 is 0 Å². The van der Waals surface area contributed by atoms with Crippen LogP contribution in [0.3, 0.4) is 0 Å². The number of halogens is 1. The predicted octanol–water partition coefficient (Wildman–Crippen LogP) is 1.69. The number of rotatable bonds is 9. The Bertz CT molecular complexity index is 802. The third-order valence-electron chi connectivity index (χ3n) is 3.97. The molecule has 27 heavy (non-hydrogen) atoms. The zero-order valence-electron chi connectivity index (χ0n) is 14.7. The number of benzene rings is 1. The third kappa shape index (κ3) is 6.02. The summed E-state index contributed by atoms with van der Waals surface area (Å²) in [6.45, 7) is 1.91. The minimum atomic E-state index is -0.287. The molecule has 0 bridgehead atoms. The van der Waals surface area contributed by atoms with Gasteiger partial charge in [-0.15, -0.1) is 5.10 Å². The molecule has 0 radical (unpaired) electrons. The predicted molar refractivity (Wildman–Crippen MR) is 103 cm³/mol. The Hall–Kier alpha value is -1.97. The fraction of sp³-hybridized carbons (Fsp3) is 0.471. The zero-order valence-corrected chi connectivity index (χ0v) is 16.2. The van der Waals surface area contributed by atoms with Gasteiger partial charge < -0.3 is 14.8 Å². The molecule has 10 heteroatoms. The van der Waals surface area contributed by atoms with E-state index in [0.29, 0.717) is 35.6 Å². The number of hydrogen-bond acceptors (Lipinski definition) is 6. The standard InChI is InChI=1S/C17H21ClN4O4S/c18-12-3-5-13(6-4-12)26-9-7-19-15(23)11-27-17-21-20-16(24)22(17)10-14-2-1-8-25-14/h3-6,14H,1-2,7-11H2,(H,19,23)(H,20,24)/t14-/m0/s1. The molecule has 0 saturated carbocycles. The van der Waals surface area contributed by atoms with Gasteiger partial charge in [-0.25, -0.2) is 9.89 Å². The van der Waals surface area contributed by atoms with E-state index in [-0.39, 0.29) is 23.5 Å². The summed E-state index contributed by atoms with van der Waals surface area (Å²) in [7, 11) is 0. The second-order valence-corrected chi connectivity index (χ2v) is 7.38. The summed E-state index contributed by atoms with van der Waals surface area (Å²) in [5.74, 6) is 0.702. The first-order valence-corrected chi connectivity index (χ1v) is 10.0. The van der Waals surface area contributed by atoms with E-state index in [1.165, 1.54) is 16.3 Å². The number of aromatic nitrogens is 3. The first-order chi connectivity index (χ1) is 13.1. The molecule has 1 atom stereocenters. The van der Waals surface area contributed by atoms with E-state index in [4.69, 9.17) is 21.1 Å². The van der Waals surface area contributed by atoms with Crippen LogP contribution in [-0.4, -0.2) is 52.3 Å². The smallest absolute Gasteiger partial charge is 0.344 e. The van der Waals surface area contributed by atoms with Gasteiger partial charge in [-0.05, 0) is 37.1 Å². The fourth-order valence-electron chi connectivity index (χ4n) is 2.64. The van der Waals surface area contributed by atoms with Gasteiger partial charge in [-0.1, -0.05) is 23.4 Å². The van der Waals surface area contributed by atoms with Crippen molar-refractivity contribution in [1.29, 1.82) is 0 Å². The molecule has 1 aromatic carbocycles. The van der Waals surface area contributed by atoms with Crippen molar-refractivity contribution in [2.24, 2.45) is 0 Å². The molecule has 1 aliphatic heterocycles. The van der Waals surface area contributed by atoms with Crippen LogP contribution in [0.15, 0.2) is 34.2 Å². The average molecular weight is 413 g/mol. The number of nitrogens with one attached hydrogen (secondary N) is 2. The molecule has 2 aromatic rings. The van der Waals surface area contributed by atoms with Crippen LogP contribution in [0.4, 0.5) is 0 Å². The summed E-state index contributed by atoms with van der Waals surface area (Å²) in [6, 6.07) is 7.02. The molecule has 8 nitrogen and oxygen atoms in total. The first-order valence-electron chi connectivity index (χ1n) is 8.66. The fourth-order valence-corrected chi connectivity index (χ4v) is 3.55. The molecule has 0 spiro atoms. The minimum absolute atomic E-state index is 0.0264. The first kappa shape index (κ1) is 19.8. The van der Waals surface area contributed by atoms with Crippen LogP contribution in [0.2, 0.25) is 5.02 Å². The van der Waals surface area contributed by atoms with Gasteiger partial charge in [0.1, 0.15) is 12.4 Å². The Morgan fingerprint density at radius 1 is 1.44 bits per heavy atom. The molecule has 1 fully saturated rings. The topological polar surface area (TPSA) is 98.2 Å². The maximum absolute atomic E-state index is 12.0. The van der Waals surface area contributed by atoms with Crippen LogP contribution in [0, 0.1) is 0 Å². The van der Waals surface area contributed by atoms with Crippen molar-refractivity contribution in [2.75, 3.05) is 25.5 Å². The number of carbonyl (C=O) groups is 1. The van der Waals surface area contributed by atoms with Gasteiger partial charge >= 0.3 is 5.69 Å². The Balaban J connectivity index is 1.39. The van der Waals surface area contributed by atoms with E-state index < -0.39 is 0 Å². The van der Waals surface area contributed by atoms with Gasteiger partial charge in [0.2, 0.25) is 5.91 Å². The van der Waals surface area contributed by atoms with Gasteiger partial charge in [-0.3, -0.25) is 9.36 Å². The van der Waals surface area contributed by atoms with Crippen LogP contribution >= 0.6 is 23.4 Å². The van der Waals surface area contributed by atoms with Gasteiger partial charge in [0.25, 0.3) is 0 Å². The van der Waals surface area contributed by atoms with Crippen LogP contribution in [-0.2, 0) is 16.1 Å². The summed E-state index contributed by atoms with van der Waals surface area (Å²) < 4.78 is 12.6. The molecular formula is C17H21ClN4O4S. The van der Waals surface area contributed by atoms with Crippen molar-refractivity contribution < 1.29 is 14.3 Å². The Labute approximate surface area is 165 Å². The molecule has 146 valence electrons. The maximum Gasteiger partial charge on any atom is 0.344 e. The van der Waals surface area contributed by atoms with Crippen molar-refractivity contribution in [3.05, 3.63) is 39.8 Å². The van der Waals surface area contributed by atoms with Gasteiger partial charge in [0, 0.05) is 11.6 Å². The van der Waals surface area contributed by atoms with Gasteiger partial charge in [-0.2, -0.15) is 0 Å². The maximum atomic E-state index is 12.0. The summed E-state index contributed by atoms with van der Waals surface area (Å²) in [6.07, 6.45) is 1.95. The monoisotopic (exact) mass is 412 g/mol. The molecule has 0 aliphatic carbocycles. The number of carbonyl (C=O) groups excluding carboxylic acids is 1. The highest BCUT2D eigenvalue weighted by molar-refractivity contribution is 7.99. The summed E-state index contributed by atoms with van der Waals surface area (Å²) in [5.41, 5.74) is -0.287. The van der Waals surface area contributed by atoms with Gasteiger partial charge in [0.05, 0.1) is 24.9 Å². The third-order valence-corrected chi connectivity index (χ3v) is 5.20. The van der Waals surface area contributed by atoms with E-state index in [0.717, 1.165) is 19.4 Å². The molecule has 1 aromatic heterocycles. The molecule has 1 aliphatic rings. The molecule has 3 rings (SSSR count). The Morgan fingerprint density at radius 2 is 2.26 bits per heavy atom. The second-order valence-electron chi connectivity index (χ2n) is 6.00. The van der Waals surface area contributed by atoms with Crippen molar-refractivity contribution in [1.82, 2.24) is 20.1 Å². The quantitative estimate of drug-likeness (QED) is 0.480. The van der Waals surface area contributed by atoms with E-state index in [9.17, 15) is 9.59 Å². The molecule has 1 saturated heterocycles. The number of amides is 1. The van der Waals surface area contributed by atoms with Crippen molar-refractivity contribution in [3.63, 3.8) is 0 Å². The molecule has 0 unspecified atom stereocenters. The molecular weight excluding hydrogens is 392 g/mol. The highest BCUT2D eigenvalue weighted by Crippen LogP contribution is 2.18. The van der Waals surface area contributed by atoms with E-state index in [2.05, 4.69) is 15.5 Å². The van der Waals surface area contributed by atoms with Crippen LogP contribution < -0.4 is 15.7 Å². The normalized spacial score (nSPS) is 16.4. The lowest BCUT2D eigenvalue weighted by atomic mass is 10.2. The average Bonchev–Trinajstić information content (AvgIpc) is 3.30. The van der Waals surface area contributed by atoms with E-state index in [1.807, 2.05) is 0 Å². The van der Waals surface area contributed by atoms with Crippen molar-refractivity contribution >= 4 is 29.3 Å². The van der Waals surface area contributed by atoms with Crippen molar-refractivity contribution in [2.45, 2.75) is 30.6 Å². The minimum Gasteiger partial charge on any atom is -0.492 e. The number of nitrogens with zero attached hydrogens (tertiary/aromatic N) is 2. The number of thioether (sulfide) groups is 1. The number of H-pyrrole nitrogens is 1. The SMILES string of the molecule is O=C(CSc1n[nH]c(=O)n1C[C@@H]1CCCO1)NCCOc1ccc(Cl)cc1. The lowest BCUT2D eigenvalue weighted by molar-refractivity contribution is -0.118. The lowest BCUT2D eigenvalue weighted by Gasteiger charge is -2.11. The highest BCUT2D eigenvalue weighted by Gasteiger charge is 2.20. The summed E-state index contributed by atoms with van der Waals surface area (Å²) in [5, 5.41) is 10.3. The Kier molecular flexibility index (Phi) is 7.19. The number of ether oxygens (including phenoxy) is 2. The van der Waals surface area contributed by atoms with Crippen LogP contribution in [0.25, 0.3) is 0 Å². The summed E-state index contributed by atoms with van der Waals surface area (Å²) >= 11 is 7.02. The molecule has 1 amide bonds. The van der Waals surface area contributed by atoms with Crippen molar-refractivity contribution in [3.8, 4) is 5.75 Å². The molecule has 2 N–H and O–H groups in total. The lowest BCUT2D eigenvalue weighted by Crippen LogP contribution is -2.30. The van der Waals surface area contributed by atoms with Gasteiger partial charge in [0.15, 0.2) is 5.16 Å². The van der Waals surface area contributed by atoms with Crippen LogP contribution in [0.5, 0.6) is 5.75 Å². The Morgan fingerprint density at radius 3 is 3.00 bits per heavy atom. The largest absolute Gasteiger partial charge is 0.492 e. The highest BCUT2D eigenvalue weighted by atomic mass is 35.5. The summed E-state index contributed by atoms with van der Waals surface area (Å²) in [4.78, 5) is 23.9. The zero-order chi connectivity index (χ0) is 19.1. The second kappa shape index (κ2) is 9.82. The molecule has 2 heterocycles.